The van der Waals surface area contributed by atoms with E-state index in [9.17, 15) is 9.90 Å². The molecule has 1 aliphatic heterocycles. The molecule has 25 heavy (non-hydrogen) atoms. The van der Waals surface area contributed by atoms with Gasteiger partial charge in [-0.2, -0.15) is 0 Å². The fourth-order valence-electron chi connectivity index (χ4n) is 3.43. The monoisotopic (exact) mass is 424 g/mol. The number of aliphatic hydroxyl groups is 1. The molecule has 0 radical (unpaired) electrons. The van der Waals surface area contributed by atoms with Crippen molar-refractivity contribution in [2.75, 3.05) is 19.6 Å². The lowest BCUT2D eigenvalue weighted by Crippen LogP contribution is -2.39. The summed E-state index contributed by atoms with van der Waals surface area (Å²) in [5.41, 5.74) is 3.64. The summed E-state index contributed by atoms with van der Waals surface area (Å²) in [4.78, 5) is 14.9. The predicted molar refractivity (Wildman–Crippen MR) is 104 cm³/mol. The average molecular weight is 426 g/mol. The van der Waals surface area contributed by atoms with Gasteiger partial charge in [-0.3, -0.25) is 9.69 Å². The highest BCUT2D eigenvalue weighted by molar-refractivity contribution is 9.10. The van der Waals surface area contributed by atoms with Crippen LogP contribution in [0.3, 0.4) is 0 Å². The molecule has 2 aromatic rings. The summed E-state index contributed by atoms with van der Waals surface area (Å²) in [6, 6.07) is 7.74. The van der Waals surface area contributed by atoms with Crippen molar-refractivity contribution in [3.63, 3.8) is 0 Å². The number of Topliss-reactive ketones (excluding diaryl/α,β-unsaturated/α-hetero) is 1. The maximum absolute atomic E-state index is 12.8. The lowest BCUT2D eigenvalue weighted by molar-refractivity contribution is 0.0710. The molecule has 134 valence electrons. The Morgan fingerprint density at radius 1 is 1.28 bits per heavy atom. The number of carbonyl (C=O) groups excluding carboxylic acids is 1. The highest BCUT2D eigenvalue weighted by atomic mass is 79.9. The molecular formula is C19H22BrClN2O2. The van der Waals surface area contributed by atoms with E-state index in [1.165, 1.54) is 0 Å². The molecule has 6 heteroatoms. The van der Waals surface area contributed by atoms with Crippen molar-refractivity contribution in [2.45, 2.75) is 32.8 Å². The number of hydrogen-bond donors (Lipinski definition) is 1. The van der Waals surface area contributed by atoms with Gasteiger partial charge in [-0.25, -0.2) is 0 Å². The lowest BCUT2D eigenvalue weighted by atomic mass is 10.1. The molecule has 0 bridgehead atoms. The normalized spacial score (nSPS) is 16.4. The molecule has 2 heterocycles. The average Bonchev–Trinajstić information content (AvgIpc) is 2.87. The molecule has 0 amide bonds. The van der Waals surface area contributed by atoms with Crippen LogP contribution in [-0.2, 0) is 0 Å². The number of benzene rings is 1. The van der Waals surface area contributed by atoms with Gasteiger partial charge in [0.1, 0.15) is 0 Å². The van der Waals surface area contributed by atoms with Crippen molar-refractivity contribution in [1.29, 1.82) is 0 Å². The van der Waals surface area contributed by atoms with E-state index in [2.05, 4.69) is 25.4 Å². The zero-order valence-corrected chi connectivity index (χ0v) is 16.8. The van der Waals surface area contributed by atoms with Crippen LogP contribution < -0.4 is 0 Å². The fraction of sp³-hybridized carbons (Fsp3) is 0.421. The number of aliphatic hydroxyl groups excluding tert-OH is 1. The highest BCUT2D eigenvalue weighted by Crippen LogP contribution is 2.28. The zero-order valence-electron chi connectivity index (χ0n) is 14.4. The molecule has 0 unspecified atom stereocenters. The number of halogens is 2. The smallest absolute Gasteiger partial charge is 0.178 e. The molecule has 1 fully saturated rings. The summed E-state index contributed by atoms with van der Waals surface area (Å²) >= 11 is 9.63. The van der Waals surface area contributed by atoms with Gasteiger partial charge in [0.25, 0.3) is 0 Å². The number of piperidine rings is 1. The van der Waals surface area contributed by atoms with E-state index in [0.29, 0.717) is 11.6 Å². The van der Waals surface area contributed by atoms with Gasteiger partial charge in [0.05, 0.1) is 17.7 Å². The van der Waals surface area contributed by atoms with Crippen molar-refractivity contribution >= 4 is 33.3 Å². The van der Waals surface area contributed by atoms with Crippen molar-refractivity contribution in [1.82, 2.24) is 9.47 Å². The van der Waals surface area contributed by atoms with E-state index < -0.39 is 0 Å². The van der Waals surface area contributed by atoms with Crippen molar-refractivity contribution in [2.24, 2.45) is 0 Å². The summed E-state index contributed by atoms with van der Waals surface area (Å²) in [7, 11) is 0. The first-order valence-corrected chi connectivity index (χ1v) is 9.62. The number of aromatic nitrogens is 1. The van der Waals surface area contributed by atoms with Gasteiger partial charge in [-0.05, 0) is 66.9 Å². The number of likely N-dealkylation sites (tertiary alicyclic amines) is 1. The molecule has 1 aliphatic rings. The van der Waals surface area contributed by atoms with Crippen molar-refractivity contribution < 1.29 is 9.90 Å². The van der Waals surface area contributed by atoms with Crippen molar-refractivity contribution in [3.05, 3.63) is 50.7 Å². The van der Waals surface area contributed by atoms with Crippen LogP contribution in [0.1, 0.15) is 34.6 Å². The minimum atomic E-state index is -0.224. The molecule has 0 spiro atoms. The fourth-order valence-corrected chi connectivity index (χ4v) is 3.85. The first-order chi connectivity index (χ1) is 11.9. The van der Waals surface area contributed by atoms with Crippen LogP contribution in [0.4, 0.5) is 0 Å². The zero-order chi connectivity index (χ0) is 18.1. The Morgan fingerprint density at radius 2 is 1.96 bits per heavy atom. The Balaban J connectivity index is 1.83. The van der Waals surface area contributed by atoms with Crippen LogP contribution in [0.2, 0.25) is 5.02 Å². The van der Waals surface area contributed by atoms with E-state index in [4.69, 9.17) is 11.6 Å². The summed E-state index contributed by atoms with van der Waals surface area (Å²) in [6.07, 6.45) is 1.26. The SMILES string of the molecule is Cc1cc(C(=O)CN2CCC(O)CC2)c(C)n1-c1ccc(Br)c(Cl)c1. The number of carbonyl (C=O) groups is 1. The minimum absolute atomic E-state index is 0.124. The van der Waals surface area contributed by atoms with Gasteiger partial charge in [-0.1, -0.05) is 11.6 Å². The summed E-state index contributed by atoms with van der Waals surface area (Å²) < 4.78 is 2.91. The van der Waals surface area contributed by atoms with Crippen molar-refractivity contribution in [3.8, 4) is 5.69 Å². The molecular weight excluding hydrogens is 404 g/mol. The number of nitrogens with zero attached hydrogens (tertiary/aromatic N) is 2. The molecule has 0 saturated carbocycles. The summed E-state index contributed by atoms with van der Waals surface area (Å²) in [6.45, 7) is 5.91. The largest absolute Gasteiger partial charge is 0.393 e. The second-order valence-corrected chi connectivity index (χ2v) is 7.91. The maximum atomic E-state index is 12.8. The quantitative estimate of drug-likeness (QED) is 0.749. The standard InChI is InChI=1S/C19H22BrClN2O2/c1-12-9-16(19(25)11-22-7-5-15(24)6-8-22)13(2)23(12)14-3-4-17(20)18(21)10-14/h3-4,9-10,15,24H,5-8,11H2,1-2H3. The molecule has 1 saturated heterocycles. The van der Waals surface area contributed by atoms with Crippen LogP contribution >= 0.6 is 27.5 Å². The predicted octanol–water partition coefficient (Wildman–Crippen LogP) is 4.15. The molecule has 1 aromatic heterocycles. The van der Waals surface area contributed by atoms with Gasteiger partial charge in [0.15, 0.2) is 5.78 Å². The molecule has 1 aromatic carbocycles. The third-order valence-electron chi connectivity index (χ3n) is 4.82. The Morgan fingerprint density at radius 3 is 2.60 bits per heavy atom. The van der Waals surface area contributed by atoms with Crippen LogP contribution in [0, 0.1) is 13.8 Å². The maximum Gasteiger partial charge on any atom is 0.178 e. The number of hydrogen-bond acceptors (Lipinski definition) is 3. The Kier molecular flexibility index (Phi) is 5.68. The van der Waals surface area contributed by atoms with E-state index in [1.807, 2.05) is 38.1 Å². The number of rotatable bonds is 4. The topological polar surface area (TPSA) is 45.5 Å². The number of aryl methyl sites for hydroxylation is 1. The van der Waals surface area contributed by atoms with Crippen LogP contribution in [-0.4, -0.2) is 46.1 Å². The Hall–Kier alpha value is -1.14. The second kappa shape index (κ2) is 7.62. The minimum Gasteiger partial charge on any atom is -0.393 e. The van der Waals surface area contributed by atoms with Gasteiger partial charge >= 0.3 is 0 Å². The van der Waals surface area contributed by atoms with Crippen LogP contribution in [0.15, 0.2) is 28.7 Å². The lowest BCUT2D eigenvalue weighted by Gasteiger charge is -2.28. The third-order valence-corrected chi connectivity index (χ3v) is 6.05. The first kappa shape index (κ1) is 18.6. The highest BCUT2D eigenvalue weighted by Gasteiger charge is 2.22. The first-order valence-electron chi connectivity index (χ1n) is 8.45. The van der Waals surface area contributed by atoms with E-state index in [1.54, 1.807) is 0 Å². The molecule has 0 atom stereocenters. The second-order valence-electron chi connectivity index (χ2n) is 6.65. The van der Waals surface area contributed by atoms with Gasteiger partial charge in [-0.15, -0.1) is 0 Å². The third kappa shape index (κ3) is 4.00. The molecule has 3 rings (SSSR count). The molecule has 0 aliphatic carbocycles. The Bertz CT molecular complexity index is 795. The Labute approximate surface area is 161 Å². The van der Waals surface area contributed by atoms with Gasteiger partial charge in [0, 0.05) is 40.2 Å². The molecule has 1 N–H and O–H groups in total. The van der Waals surface area contributed by atoms with Gasteiger partial charge in [0.2, 0.25) is 0 Å². The van der Waals surface area contributed by atoms with Gasteiger partial charge < -0.3 is 9.67 Å². The van der Waals surface area contributed by atoms with Crippen LogP contribution in [0.25, 0.3) is 5.69 Å². The molecule has 4 nitrogen and oxygen atoms in total. The number of ketones is 1. The van der Waals surface area contributed by atoms with E-state index >= 15 is 0 Å². The summed E-state index contributed by atoms with van der Waals surface area (Å²) in [5, 5.41) is 10.2. The van der Waals surface area contributed by atoms with Crippen LogP contribution in [0.5, 0.6) is 0 Å². The van der Waals surface area contributed by atoms with E-state index in [-0.39, 0.29) is 11.9 Å². The van der Waals surface area contributed by atoms with E-state index in [0.717, 1.165) is 53.0 Å². The summed E-state index contributed by atoms with van der Waals surface area (Å²) in [5.74, 6) is 0.124.